The number of rotatable bonds is 2. The molecule has 2 heterocycles. The number of amides is 1. The van der Waals surface area contributed by atoms with Crippen molar-refractivity contribution in [2.24, 2.45) is 0 Å². The summed E-state index contributed by atoms with van der Waals surface area (Å²) in [6.07, 6.45) is 6.31. The molecule has 1 fully saturated rings. The lowest BCUT2D eigenvalue weighted by Gasteiger charge is -2.20. The third-order valence-corrected chi connectivity index (χ3v) is 3.40. The van der Waals surface area contributed by atoms with E-state index >= 15 is 0 Å². The molecule has 1 saturated heterocycles. The highest BCUT2D eigenvalue weighted by Crippen LogP contribution is 2.10. The highest BCUT2D eigenvalue weighted by atomic mass is 16.2. The van der Waals surface area contributed by atoms with Crippen LogP contribution in [0.15, 0.2) is 23.1 Å². The van der Waals surface area contributed by atoms with Gasteiger partial charge in [-0.3, -0.25) is 9.59 Å². The number of pyridine rings is 1. The molecule has 98 valence electrons. The molecular weight excluding hydrogens is 228 g/mol. The summed E-state index contributed by atoms with van der Waals surface area (Å²) in [5.41, 5.74) is 0.891. The Labute approximate surface area is 107 Å². The molecule has 0 spiro atoms. The zero-order valence-corrected chi connectivity index (χ0v) is 10.9. The first-order valence-corrected chi connectivity index (χ1v) is 6.62. The van der Waals surface area contributed by atoms with Crippen LogP contribution in [0.3, 0.4) is 0 Å². The molecular formula is C14H20N2O2. The van der Waals surface area contributed by atoms with Crippen LogP contribution in [-0.4, -0.2) is 28.5 Å². The fourth-order valence-electron chi connectivity index (χ4n) is 2.34. The van der Waals surface area contributed by atoms with E-state index in [0.29, 0.717) is 0 Å². The van der Waals surface area contributed by atoms with Crippen LogP contribution in [0.2, 0.25) is 0 Å². The first-order chi connectivity index (χ1) is 8.66. The summed E-state index contributed by atoms with van der Waals surface area (Å²) in [4.78, 5) is 25.7. The van der Waals surface area contributed by atoms with Crippen molar-refractivity contribution in [2.45, 2.75) is 39.2 Å². The van der Waals surface area contributed by atoms with Crippen LogP contribution in [0.25, 0.3) is 0 Å². The minimum absolute atomic E-state index is 0.0598. The minimum atomic E-state index is -0.108. The Bertz CT molecular complexity index is 471. The van der Waals surface area contributed by atoms with Gasteiger partial charge in [-0.2, -0.15) is 0 Å². The summed E-state index contributed by atoms with van der Waals surface area (Å²) in [5.74, 6) is 0.0598. The number of hydrogen-bond donors (Lipinski definition) is 0. The summed E-state index contributed by atoms with van der Waals surface area (Å²) < 4.78 is 1.50. The first kappa shape index (κ1) is 12.9. The first-order valence-electron chi connectivity index (χ1n) is 6.62. The van der Waals surface area contributed by atoms with Gasteiger partial charge in [0.1, 0.15) is 6.54 Å². The Balaban J connectivity index is 2.05. The van der Waals surface area contributed by atoms with Crippen LogP contribution in [0, 0.1) is 6.92 Å². The molecule has 0 unspecified atom stereocenters. The van der Waals surface area contributed by atoms with Crippen LogP contribution in [0.4, 0.5) is 0 Å². The fraction of sp³-hybridized carbons (Fsp3) is 0.571. The van der Waals surface area contributed by atoms with E-state index in [-0.39, 0.29) is 18.0 Å². The Morgan fingerprint density at radius 3 is 2.50 bits per heavy atom. The van der Waals surface area contributed by atoms with Gasteiger partial charge >= 0.3 is 0 Å². The van der Waals surface area contributed by atoms with Crippen molar-refractivity contribution in [3.05, 3.63) is 34.2 Å². The van der Waals surface area contributed by atoms with Crippen molar-refractivity contribution in [3.8, 4) is 0 Å². The molecule has 2 rings (SSSR count). The number of likely N-dealkylation sites (tertiary alicyclic amines) is 1. The van der Waals surface area contributed by atoms with E-state index in [4.69, 9.17) is 0 Å². The third-order valence-electron chi connectivity index (χ3n) is 3.40. The van der Waals surface area contributed by atoms with Crippen LogP contribution in [0.1, 0.15) is 31.2 Å². The van der Waals surface area contributed by atoms with Gasteiger partial charge in [0.25, 0.3) is 5.56 Å². The van der Waals surface area contributed by atoms with Gasteiger partial charge in [-0.1, -0.05) is 18.9 Å². The molecule has 0 bridgehead atoms. The van der Waals surface area contributed by atoms with Crippen LogP contribution >= 0.6 is 0 Å². The molecule has 4 nitrogen and oxygen atoms in total. The average Bonchev–Trinajstić information content (AvgIpc) is 2.62. The van der Waals surface area contributed by atoms with Crippen molar-refractivity contribution in [2.75, 3.05) is 13.1 Å². The molecule has 0 radical (unpaired) electrons. The standard InChI is InChI=1S/C14H20N2O2/c1-12-6-7-13(17)16(10-12)11-14(18)15-8-4-2-3-5-9-15/h6-7,10H,2-5,8-9,11H2,1H3. The van der Waals surface area contributed by atoms with Crippen molar-refractivity contribution in [1.29, 1.82) is 0 Å². The number of aromatic nitrogens is 1. The predicted molar refractivity (Wildman–Crippen MR) is 70.5 cm³/mol. The molecule has 0 N–H and O–H groups in total. The van der Waals surface area contributed by atoms with Gasteiger partial charge in [-0.25, -0.2) is 0 Å². The highest BCUT2D eigenvalue weighted by molar-refractivity contribution is 5.76. The Morgan fingerprint density at radius 2 is 1.83 bits per heavy atom. The number of carbonyl (C=O) groups is 1. The van der Waals surface area contributed by atoms with Gasteiger partial charge in [0.05, 0.1) is 0 Å². The van der Waals surface area contributed by atoms with Gasteiger partial charge in [0.2, 0.25) is 5.91 Å². The van der Waals surface area contributed by atoms with Crippen molar-refractivity contribution < 1.29 is 4.79 Å². The minimum Gasteiger partial charge on any atom is -0.341 e. The SMILES string of the molecule is Cc1ccc(=O)n(CC(=O)N2CCCCCC2)c1. The van der Waals surface area contributed by atoms with Gasteiger partial charge in [-0.15, -0.1) is 0 Å². The van der Waals surface area contributed by atoms with Gasteiger partial charge in [0, 0.05) is 25.4 Å². The largest absolute Gasteiger partial charge is 0.341 e. The zero-order chi connectivity index (χ0) is 13.0. The Morgan fingerprint density at radius 1 is 1.17 bits per heavy atom. The second-order valence-corrected chi connectivity index (χ2v) is 4.97. The van der Waals surface area contributed by atoms with Crippen LogP contribution < -0.4 is 5.56 Å². The van der Waals surface area contributed by atoms with Gasteiger partial charge in [0.15, 0.2) is 0 Å². The predicted octanol–water partition coefficient (Wildman–Crippen LogP) is 1.56. The van der Waals surface area contributed by atoms with Crippen LogP contribution in [-0.2, 0) is 11.3 Å². The molecule has 1 aromatic heterocycles. The quantitative estimate of drug-likeness (QED) is 0.797. The van der Waals surface area contributed by atoms with E-state index in [1.807, 2.05) is 11.8 Å². The molecule has 0 saturated carbocycles. The lowest BCUT2D eigenvalue weighted by molar-refractivity contribution is -0.131. The van der Waals surface area contributed by atoms with Crippen molar-refractivity contribution in [3.63, 3.8) is 0 Å². The Hall–Kier alpha value is -1.58. The molecule has 0 atom stereocenters. The lowest BCUT2D eigenvalue weighted by atomic mass is 10.2. The van der Waals surface area contributed by atoms with E-state index in [1.54, 1.807) is 12.3 Å². The third kappa shape index (κ3) is 3.22. The van der Waals surface area contributed by atoms with E-state index in [1.165, 1.54) is 23.5 Å². The second kappa shape index (κ2) is 5.85. The summed E-state index contributed by atoms with van der Waals surface area (Å²) in [7, 11) is 0. The molecule has 4 heteroatoms. The van der Waals surface area contributed by atoms with Crippen molar-refractivity contribution >= 4 is 5.91 Å². The molecule has 1 aliphatic rings. The summed E-state index contributed by atoms with van der Waals surface area (Å²) in [6, 6.07) is 3.29. The van der Waals surface area contributed by atoms with E-state index in [2.05, 4.69) is 0 Å². The summed E-state index contributed by atoms with van der Waals surface area (Å²) in [5, 5.41) is 0. The normalized spacial score (nSPS) is 16.4. The molecule has 1 aliphatic heterocycles. The zero-order valence-electron chi connectivity index (χ0n) is 10.9. The molecule has 0 aromatic carbocycles. The average molecular weight is 248 g/mol. The maximum absolute atomic E-state index is 12.2. The summed E-state index contributed by atoms with van der Waals surface area (Å²) >= 11 is 0. The van der Waals surface area contributed by atoms with Crippen molar-refractivity contribution in [1.82, 2.24) is 9.47 Å². The van der Waals surface area contributed by atoms with Gasteiger partial charge in [-0.05, 0) is 25.3 Å². The molecule has 0 aliphatic carbocycles. The van der Waals surface area contributed by atoms with E-state index in [9.17, 15) is 9.59 Å². The van der Waals surface area contributed by atoms with Crippen LogP contribution in [0.5, 0.6) is 0 Å². The van der Waals surface area contributed by atoms with E-state index < -0.39 is 0 Å². The fourth-order valence-corrected chi connectivity index (χ4v) is 2.34. The lowest BCUT2D eigenvalue weighted by Crippen LogP contribution is -2.36. The number of nitrogens with zero attached hydrogens (tertiary/aromatic N) is 2. The maximum atomic E-state index is 12.2. The monoisotopic (exact) mass is 248 g/mol. The smallest absolute Gasteiger partial charge is 0.251 e. The topological polar surface area (TPSA) is 42.3 Å². The maximum Gasteiger partial charge on any atom is 0.251 e. The van der Waals surface area contributed by atoms with Gasteiger partial charge < -0.3 is 9.47 Å². The Kier molecular flexibility index (Phi) is 4.18. The summed E-state index contributed by atoms with van der Waals surface area (Å²) in [6.45, 7) is 3.76. The number of aryl methyl sites for hydroxylation is 1. The number of carbonyl (C=O) groups excluding carboxylic acids is 1. The second-order valence-electron chi connectivity index (χ2n) is 4.97. The molecule has 18 heavy (non-hydrogen) atoms. The van der Waals surface area contributed by atoms with E-state index in [0.717, 1.165) is 31.5 Å². The molecule has 1 amide bonds. The number of hydrogen-bond acceptors (Lipinski definition) is 2. The highest BCUT2D eigenvalue weighted by Gasteiger charge is 2.15. The molecule has 1 aromatic rings.